The molecule has 2 heterocycles. The van der Waals surface area contributed by atoms with Gasteiger partial charge in [-0.2, -0.15) is 0 Å². The van der Waals surface area contributed by atoms with Crippen LogP contribution in [0.1, 0.15) is 98.0 Å². The second-order valence-electron chi connectivity index (χ2n) is 15.3. The molecule has 1 aliphatic carbocycles. The molecule has 0 aliphatic heterocycles. The molecule has 0 bridgehead atoms. The van der Waals surface area contributed by atoms with Gasteiger partial charge < -0.3 is 0 Å². The van der Waals surface area contributed by atoms with E-state index in [0.29, 0.717) is 0 Å². The van der Waals surface area contributed by atoms with Gasteiger partial charge in [0.1, 0.15) is 0 Å². The van der Waals surface area contributed by atoms with Crippen molar-refractivity contribution in [3.8, 4) is 55.9 Å². The summed E-state index contributed by atoms with van der Waals surface area (Å²) in [5.41, 5.74) is 16.3. The van der Waals surface area contributed by atoms with Crippen molar-refractivity contribution in [1.29, 1.82) is 0 Å². The zero-order chi connectivity index (χ0) is 42.1. The summed E-state index contributed by atoms with van der Waals surface area (Å²) in [7, 11) is 0. The second-order valence-corrected chi connectivity index (χ2v) is 15.3. The normalized spacial score (nSPS) is 15.7. The first-order valence-corrected chi connectivity index (χ1v) is 19.7. The first-order valence-electron chi connectivity index (χ1n) is 22.2. The summed E-state index contributed by atoms with van der Waals surface area (Å²) >= 11 is 0. The molecule has 1 fully saturated rings. The van der Waals surface area contributed by atoms with E-state index in [0.717, 1.165) is 88.9 Å². The standard InChI is InChI=1S/C53H52N2/c1-36(2)51-35-55-53(33-50(51)44-23-21-42(22-24-44)41-10-6-5-7-11-41)46-27-25-43(26-28-46)48-12-8-9-13-49(48)47-31-38(4)30-40(32-47)16-15-39-17-19-45(20-18-39)52-29-14-37(3)34-54-52/h8-9,12-14,17-36,41H,5-7,10-11,15-16H2,1-4H3/i3D3,36D,41D. The highest BCUT2D eigenvalue weighted by molar-refractivity contribution is 5.85. The molecule has 7 aromatic rings. The summed E-state index contributed by atoms with van der Waals surface area (Å²) in [6.07, 6.45) is 10.4. The number of hydrogen-bond acceptors (Lipinski definition) is 2. The minimum Gasteiger partial charge on any atom is -0.256 e. The average Bonchev–Trinajstić information content (AvgIpc) is 3.25. The lowest BCUT2D eigenvalue weighted by Gasteiger charge is -2.22. The Labute approximate surface area is 335 Å². The largest absolute Gasteiger partial charge is 0.256 e. The Hall–Kier alpha value is -5.60. The maximum Gasteiger partial charge on any atom is 0.0708 e. The molecule has 274 valence electrons. The Kier molecular flexibility index (Phi) is 9.16. The number of rotatable bonds is 10. The first kappa shape index (κ1) is 30.7. The van der Waals surface area contributed by atoms with Crippen LogP contribution in [-0.2, 0) is 12.8 Å². The zero-order valence-corrected chi connectivity index (χ0v) is 32.2. The van der Waals surface area contributed by atoms with E-state index < -0.39 is 18.6 Å². The quantitative estimate of drug-likeness (QED) is 0.141. The molecule has 2 aromatic heterocycles. The maximum atomic E-state index is 9.12. The lowest BCUT2D eigenvalue weighted by atomic mass is 9.83. The molecule has 0 N–H and O–H groups in total. The van der Waals surface area contributed by atoms with Crippen molar-refractivity contribution in [2.75, 3.05) is 0 Å². The Morgan fingerprint density at radius 1 is 0.582 bits per heavy atom. The van der Waals surface area contributed by atoms with Crippen LogP contribution in [0, 0.1) is 13.8 Å². The van der Waals surface area contributed by atoms with Crippen LogP contribution in [0.15, 0.2) is 146 Å². The SMILES string of the molecule is [2H]C([2H])([2H])c1ccc(-c2ccc(CCc3cc(C)cc(-c4ccccc4-c4ccc(-c5cc(-c6ccc(C7([2H])CCCCC7)cc6)c(C([2H])(C)C)cn5)cc4)c3)cc2)nc1. The maximum absolute atomic E-state index is 9.12. The van der Waals surface area contributed by atoms with Crippen LogP contribution in [0.4, 0.5) is 0 Å². The third kappa shape index (κ3) is 8.40. The lowest BCUT2D eigenvalue weighted by molar-refractivity contribution is 0.443. The van der Waals surface area contributed by atoms with E-state index >= 15 is 0 Å². The van der Waals surface area contributed by atoms with Gasteiger partial charge in [-0.3, -0.25) is 9.97 Å². The molecule has 0 saturated heterocycles. The molecule has 1 saturated carbocycles. The molecular weight excluding hydrogens is 665 g/mol. The fourth-order valence-electron chi connectivity index (χ4n) is 8.07. The number of nitrogens with zero attached hydrogens (tertiary/aromatic N) is 2. The molecule has 8 rings (SSSR count). The summed E-state index contributed by atoms with van der Waals surface area (Å²) < 4.78 is 40.9. The number of aryl methyl sites for hydroxylation is 4. The van der Waals surface area contributed by atoms with Crippen molar-refractivity contribution in [3.63, 3.8) is 0 Å². The van der Waals surface area contributed by atoms with E-state index in [2.05, 4.69) is 133 Å². The average molecular weight is 722 g/mol. The molecule has 0 atom stereocenters. The van der Waals surface area contributed by atoms with Gasteiger partial charge in [0.25, 0.3) is 0 Å². The van der Waals surface area contributed by atoms with Crippen molar-refractivity contribution < 1.29 is 6.85 Å². The molecular formula is C53H52N2. The molecule has 1 aliphatic rings. The van der Waals surface area contributed by atoms with Gasteiger partial charge in [-0.25, -0.2) is 0 Å². The molecule has 5 aromatic carbocycles. The monoisotopic (exact) mass is 721 g/mol. The number of pyridine rings is 2. The Bertz CT molecular complexity index is 2580. The van der Waals surface area contributed by atoms with Gasteiger partial charge in [0.2, 0.25) is 0 Å². The van der Waals surface area contributed by atoms with Gasteiger partial charge in [-0.15, -0.1) is 0 Å². The van der Waals surface area contributed by atoms with Crippen LogP contribution >= 0.6 is 0 Å². The molecule has 2 heteroatoms. The molecule has 55 heavy (non-hydrogen) atoms. The number of benzene rings is 5. The third-order valence-corrected chi connectivity index (χ3v) is 11.1. The Morgan fingerprint density at radius 2 is 1.20 bits per heavy atom. The van der Waals surface area contributed by atoms with Crippen LogP contribution < -0.4 is 0 Å². The van der Waals surface area contributed by atoms with Crippen molar-refractivity contribution in [2.24, 2.45) is 0 Å². The molecule has 0 amide bonds. The summed E-state index contributed by atoms with van der Waals surface area (Å²) in [6, 6.07) is 46.6. The molecule has 0 spiro atoms. The van der Waals surface area contributed by atoms with Crippen LogP contribution in [0.2, 0.25) is 0 Å². The van der Waals surface area contributed by atoms with E-state index in [9.17, 15) is 0 Å². The zero-order valence-electron chi connectivity index (χ0n) is 37.2. The van der Waals surface area contributed by atoms with Crippen molar-refractivity contribution >= 4 is 0 Å². The number of aromatic nitrogens is 2. The van der Waals surface area contributed by atoms with Gasteiger partial charge in [0.15, 0.2) is 0 Å². The fraction of sp³-hybridized carbons (Fsp3) is 0.245. The van der Waals surface area contributed by atoms with Gasteiger partial charge in [0.05, 0.1) is 11.4 Å². The van der Waals surface area contributed by atoms with Crippen LogP contribution in [-0.4, -0.2) is 9.97 Å². The summed E-state index contributed by atoms with van der Waals surface area (Å²) in [4.78, 5) is 9.29. The van der Waals surface area contributed by atoms with Crippen molar-refractivity contribution in [3.05, 3.63) is 179 Å². The fourth-order valence-corrected chi connectivity index (χ4v) is 8.07. The summed E-state index contributed by atoms with van der Waals surface area (Å²) in [5.74, 6) is -1.33. The van der Waals surface area contributed by atoms with Crippen LogP contribution in [0.5, 0.6) is 0 Å². The van der Waals surface area contributed by atoms with Crippen molar-refractivity contribution in [2.45, 2.75) is 84.4 Å². The highest BCUT2D eigenvalue weighted by Gasteiger charge is 2.17. The van der Waals surface area contributed by atoms with E-state index in [1.807, 2.05) is 20.0 Å². The van der Waals surface area contributed by atoms with E-state index in [-0.39, 0.29) is 5.56 Å². The smallest absolute Gasteiger partial charge is 0.0708 e. The van der Waals surface area contributed by atoms with Crippen molar-refractivity contribution in [1.82, 2.24) is 9.97 Å². The molecule has 0 unspecified atom stereocenters. The van der Waals surface area contributed by atoms with Crippen LogP contribution in [0.25, 0.3) is 55.9 Å². The summed E-state index contributed by atoms with van der Waals surface area (Å²) in [6.45, 7) is 3.83. The second kappa shape index (κ2) is 16.4. The summed E-state index contributed by atoms with van der Waals surface area (Å²) in [5, 5.41) is 0. The van der Waals surface area contributed by atoms with Gasteiger partial charge in [-0.05, 0) is 125 Å². The lowest BCUT2D eigenvalue weighted by Crippen LogP contribution is -2.04. The number of hydrogen-bond donors (Lipinski definition) is 0. The third-order valence-electron chi connectivity index (χ3n) is 11.1. The minimum absolute atomic E-state index is 0.247. The topological polar surface area (TPSA) is 25.8 Å². The predicted molar refractivity (Wildman–Crippen MR) is 232 cm³/mol. The van der Waals surface area contributed by atoms with Gasteiger partial charge in [0, 0.05) is 30.4 Å². The first-order chi connectivity index (χ1) is 28.7. The van der Waals surface area contributed by atoms with Crippen LogP contribution in [0.3, 0.4) is 0 Å². The molecule has 0 radical (unpaired) electrons. The van der Waals surface area contributed by atoms with E-state index in [1.54, 1.807) is 12.1 Å². The van der Waals surface area contributed by atoms with E-state index in [1.165, 1.54) is 46.0 Å². The Morgan fingerprint density at radius 3 is 1.89 bits per heavy atom. The molecule has 2 nitrogen and oxygen atoms in total. The van der Waals surface area contributed by atoms with E-state index in [4.69, 9.17) is 11.8 Å². The predicted octanol–water partition coefficient (Wildman–Crippen LogP) is 14.4. The minimum atomic E-state index is -2.16. The van der Waals surface area contributed by atoms with Gasteiger partial charge >= 0.3 is 0 Å². The highest BCUT2D eigenvalue weighted by atomic mass is 14.7. The Balaban J connectivity index is 1.01. The van der Waals surface area contributed by atoms with Gasteiger partial charge in [-0.1, -0.05) is 160 Å². The highest BCUT2D eigenvalue weighted by Crippen LogP contribution is 2.38.